The zero-order chi connectivity index (χ0) is 29.5. The molecule has 7 nitrogen and oxygen atoms in total. The third kappa shape index (κ3) is 8.65. The van der Waals surface area contributed by atoms with Crippen LogP contribution in [0.25, 0.3) is 0 Å². The van der Waals surface area contributed by atoms with E-state index >= 15 is 0 Å². The maximum Gasteiger partial charge on any atom is 0.328 e. The number of nitrogens with zero attached hydrogens (tertiary/aromatic N) is 3. The van der Waals surface area contributed by atoms with Gasteiger partial charge in [0.25, 0.3) is 5.91 Å². The van der Waals surface area contributed by atoms with Gasteiger partial charge in [-0.25, -0.2) is 4.79 Å². The van der Waals surface area contributed by atoms with Gasteiger partial charge in [-0.3, -0.25) is 14.6 Å². The molecule has 2 saturated heterocycles. The number of carbonyl (C=O) groups excluding carboxylic acids is 2. The Morgan fingerprint density at radius 1 is 0.902 bits per heavy atom. The third-order valence-corrected chi connectivity index (χ3v) is 7.49. The maximum absolute atomic E-state index is 13.9. The topological polar surface area (TPSA) is 62.3 Å². The van der Waals surface area contributed by atoms with Crippen LogP contribution in [-0.2, 0) is 22.6 Å². The van der Waals surface area contributed by atoms with Crippen molar-refractivity contribution in [1.29, 1.82) is 0 Å². The molecule has 2 aliphatic heterocycles. The Kier molecular flexibility index (Phi) is 12.9. The molecule has 4 rings (SSSR count). The van der Waals surface area contributed by atoms with Crippen molar-refractivity contribution in [2.45, 2.75) is 51.2 Å². The van der Waals surface area contributed by atoms with E-state index < -0.39 is 5.54 Å². The van der Waals surface area contributed by atoms with E-state index in [9.17, 15) is 9.59 Å². The number of urea groups is 1. The fourth-order valence-electron chi connectivity index (χ4n) is 5.29. The number of piperidine rings is 1. The lowest BCUT2D eigenvalue weighted by molar-refractivity contribution is -0.136. The first-order chi connectivity index (χ1) is 20.0. The predicted molar refractivity (Wildman–Crippen MR) is 165 cm³/mol. The molecule has 41 heavy (non-hydrogen) atoms. The molecular formula is C34H45N3O4. The van der Waals surface area contributed by atoms with Crippen LogP contribution in [-0.4, -0.2) is 72.1 Å². The van der Waals surface area contributed by atoms with Crippen molar-refractivity contribution in [1.82, 2.24) is 14.7 Å². The number of allylic oxidation sites excluding steroid dienone is 3. The van der Waals surface area contributed by atoms with Gasteiger partial charge in [0, 0.05) is 26.2 Å². The van der Waals surface area contributed by atoms with Crippen molar-refractivity contribution in [3.8, 4) is 5.75 Å². The van der Waals surface area contributed by atoms with Gasteiger partial charge in [-0.2, -0.15) is 0 Å². The molecule has 2 aliphatic rings. The second-order valence-electron chi connectivity index (χ2n) is 10.2. The minimum atomic E-state index is -0.811. The van der Waals surface area contributed by atoms with Crippen LogP contribution in [0.1, 0.15) is 43.7 Å². The molecule has 0 aromatic heterocycles. The highest BCUT2D eigenvalue weighted by Gasteiger charge is 2.57. The largest absolute Gasteiger partial charge is 0.497 e. The summed E-state index contributed by atoms with van der Waals surface area (Å²) in [5.74, 6) is 0.619. The standard InChI is InChI=1S/C30H39N3O4.C4H6/c1-3-4-5-9-20-37-21-19-33-29(35)32(24-26-13-10-14-27(22-26)36-2)28(34)30(33)15-17-31(18-16-30)23-25-11-7-6-8-12-25;1-3-4-2/h4-8,10-14,22H,3,9,15-21,23-24H2,1-2H3;3-4H,1-2H2/b5-4-;. The first-order valence-electron chi connectivity index (χ1n) is 14.5. The van der Waals surface area contributed by atoms with Gasteiger partial charge in [0.2, 0.25) is 0 Å². The molecule has 0 bridgehead atoms. The molecule has 0 atom stereocenters. The Balaban J connectivity index is 0.00000108. The minimum absolute atomic E-state index is 0.0921. The highest BCUT2D eigenvalue weighted by molar-refractivity contribution is 6.07. The molecule has 0 radical (unpaired) electrons. The second-order valence-corrected chi connectivity index (χ2v) is 10.2. The van der Waals surface area contributed by atoms with Crippen molar-refractivity contribution in [2.24, 2.45) is 0 Å². The normalized spacial score (nSPS) is 16.6. The van der Waals surface area contributed by atoms with Crippen LogP contribution in [0.5, 0.6) is 5.75 Å². The molecule has 2 fully saturated rings. The van der Waals surface area contributed by atoms with Gasteiger partial charge in [-0.15, -0.1) is 0 Å². The average molecular weight is 560 g/mol. The number of carbonyl (C=O) groups is 2. The molecule has 0 aliphatic carbocycles. The summed E-state index contributed by atoms with van der Waals surface area (Å²) in [6.07, 6.45) is 10.6. The summed E-state index contributed by atoms with van der Waals surface area (Å²) in [5, 5.41) is 0. The van der Waals surface area contributed by atoms with Crippen molar-refractivity contribution in [3.63, 3.8) is 0 Å². The SMILES string of the molecule is C=CC=C.CC/C=C\CCOCCN1C(=O)N(Cc2cccc(OC)c2)C(=O)C12CCN(Cc1ccccc1)CC2. The molecule has 3 amide bonds. The van der Waals surface area contributed by atoms with Gasteiger partial charge in [-0.1, -0.05) is 86.9 Å². The zero-order valence-electron chi connectivity index (χ0n) is 24.7. The number of hydrogen-bond acceptors (Lipinski definition) is 5. The molecule has 7 heteroatoms. The lowest BCUT2D eigenvalue weighted by Crippen LogP contribution is -2.57. The minimum Gasteiger partial charge on any atom is -0.497 e. The fraction of sp³-hybridized carbons (Fsp3) is 0.412. The lowest BCUT2D eigenvalue weighted by atomic mass is 9.85. The van der Waals surface area contributed by atoms with Crippen molar-refractivity contribution < 1.29 is 19.1 Å². The summed E-state index contributed by atoms with van der Waals surface area (Å²) in [6.45, 7) is 12.9. The molecule has 1 spiro atoms. The smallest absolute Gasteiger partial charge is 0.328 e. The van der Waals surface area contributed by atoms with E-state index in [4.69, 9.17) is 9.47 Å². The van der Waals surface area contributed by atoms with Gasteiger partial charge >= 0.3 is 6.03 Å². The average Bonchev–Trinajstić information content (AvgIpc) is 3.19. The molecule has 0 saturated carbocycles. The molecular weight excluding hydrogens is 514 g/mol. The number of likely N-dealkylation sites (tertiary alicyclic amines) is 1. The quantitative estimate of drug-likeness (QED) is 0.126. The number of amides is 3. The highest BCUT2D eigenvalue weighted by Crippen LogP contribution is 2.38. The summed E-state index contributed by atoms with van der Waals surface area (Å²) in [4.78, 5) is 33.1. The van der Waals surface area contributed by atoms with E-state index in [1.165, 1.54) is 10.5 Å². The van der Waals surface area contributed by atoms with Gasteiger partial charge in [-0.05, 0) is 48.9 Å². The van der Waals surface area contributed by atoms with E-state index in [0.29, 0.717) is 38.3 Å². The molecule has 2 heterocycles. The molecule has 0 N–H and O–H groups in total. The van der Waals surface area contributed by atoms with Crippen molar-refractivity contribution >= 4 is 11.9 Å². The van der Waals surface area contributed by atoms with Crippen molar-refractivity contribution in [3.05, 3.63) is 103 Å². The summed E-state index contributed by atoms with van der Waals surface area (Å²) in [5.41, 5.74) is 1.32. The Morgan fingerprint density at radius 3 is 2.27 bits per heavy atom. The van der Waals surface area contributed by atoms with E-state index in [2.05, 4.69) is 61.4 Å². The number of rotatable bonds is 13. The first-order valence-corrected chi connectivity index (χ1v) is 14.5. The summed E-state index contributed by atoms with van der Waals surface area (Å²) >= 11 is 0. The third-order valence-electron chi connectivity index (χ3n) is 7.49. The monoisotopic (exact) mass is 559 g/mol. The van der Waals surface area contributed by atoms with Gasteiger partial charge in [0.1, 0.15) is 11.3 Å². The van der Waals surface area contributed by atoms with E-state index in [1.807, 2.05) is 30.3 Å². The van der Waals surface area contributed by atoms with Crippen LogP contribution in [0.4, 0.5) is 4.79 Å². The summed E-state index contributed by atoms with van der Waals surface area (Å²) in [6, 6.07) is 17.7. The number of imide groups is 1. The van der Waals surface area contributed by atoms with Crippen LogP contribution >= 0.6 is 0 Å². The first kappa shape index (κ1) is 31.8. The van der Waals surface area contributed by atoms with Crippen LogP contribution < -0.4 is 4.74 Å². The second kappa shape index (κ2) is 16.6. The van der Waals surface area contributed by atoms with Crippen molar-refractivity contribution in [2.75, 3.05) is 40.0 Å². The predicted octanol–water partition coefficient (Wildman–Crippen LogP) is 6.23. The summed E-state index contributed by atoms with van der Waals surface area (Å²) < 4.78 is 11.2. The zero-order valence-corrected chi connectivity index (χ0v) is 24.7. The molecule has 0 unspecified atom stereocenters. The molecule has 220 valence electrons. The van der Waals surface area contributed by atoms with Gasteiger partial charge in [0.05, 0.1) is 26.9 Å². The number of ether oxygens (including phenoxy) is 2. The highest BCUT2D eigenvalue weighted by atomic mass is 16.5. The number of benzene rings is 2. The van der Waals surface area contributed by atoms with E-state index in [0.717, 1.165) is 38.0 Å². The lowest BCUT2D eigenvalue weighted by Gasteiger charge is -2.42. The summed E-state index contributed by atoms with van der Waals surface area (Å²) in [7, 11) is 1.61. The number of hydrogen-bond donors (Lipinski definition) is 0. The maximum atomic E-state index is 13.9. The van der Waals surface area contributed by atoms with E-state index in [1.54, 1.807) is 24.2 Å². The fourth-order valence-corrected chi connectivity index (χ4v) is 5.29. The number of methoxy groups -OCH3 is 1. The van der Waals surface area contributed by atoms with Crippen LogP contribution in [0, 0.1) is 0 Å². The van der Waals surface area contributed by atoms with Crippen LogP contribution in [0.3, 0.4) is 0 Å². The molecule has 2 aromatic rings. The van der Waals surface area contributed by atoms with Gasteiger partial charge < -0.3 is 14.4 Å². The Morgan fingerprint density at radius 2 is 1.61 bits per heavy atom. The van der Waals surface area contributed by atoms with E-state index in [-0.39, 0.29) is 18.5 Å². The Bertz CT molecular complexity index is 1150. The van der Waals surface area contributed by atoms with Crippen LogP contribution in [0.15, 0.2) is 92.1 Å². The molecule has 2 aromatic carbocycles. The van der Waals surface area contributed by atoms with Crippen LogP contribution in [0.2, 0.25) is 0 Å². The Labute approximate surface area is 245 Å². The van der Waals surface area contributed by atoms with Gasteiger partial charge in [0.15, 0.2) is 0 Å². The Hall–Kier alpha value is -3.68.